The second-order valence-corrected chi connectivity index (χ2v) is 5.57. The molecule has 0 saturated heterocycles. The Bertz CT molecular complexity index is 717. The summed E-state index contributed by atoms with van der Waals surface area (Å²) in [5.74, 6) is -0.969. The van der Waals surface area contributed by atoms with Gasteiger partial charge >= 0.3 is 5.97 Å². The Labute approximate surface area is 139 Å². The Morgan fingerprint density at radius 1 is 1.13 bits per heavy atom. The fourth-order valence-electron chi connectivity index (χ4n) is 1.97. The summed E-state index contributed by atoms with van der Waals surface area (Å²) in [6.45, 7) is 0. The number of likely N-dealkylation sites (N-methyl/N-ethyl adjacent to an activating group) is 1. The van der Waals surface area contributed by atoms with Crippen molar-refractivity contribution in [1.82, 2.24) is 4.90 Å². The van der Waals surface area contributed by atoms with Crippen molar-refractivity contribution in [3.63, 3.8) is 0 Å². The first kappa shape index (κ1) is 16.8. The van der Waals surface area contributed by atoms with Crippen LogP contribution in [0.15, 0.2) is 48.5 Å². The summed E-state index contributed by atoms with van der Waals surface area (Å²) < 4.78 is 5.41. The van der Waals surface area contributed by atoms with Crippen molar-refractivity contribution in [1.29, 1.82) is 0 Å². The monoisotopic (exact) mass is 332 g/mol. The third-order valence-electron chi connectivity index (χ3n) is 3.22. The highest BCUT2D eigenvalue weighted by Gasteiger charge is 2.27. The molecule has 2 aromatic carbocycles. The maximum absolute atomic E-state index is 12.3. The molecule has 2 N–H and O–H groups in total. The smallest absolute Gasteiger partial charge is 0.339 e. The van der Waals surface area contributed by atoms with Crippen molar-refractivity contribution in [2.75, 3.05) is 19.8 Å². The molecular formula is C17H17ClN2O3. The second-order valence-electron chi connectivity index (χ2n) is 5.16. The summed E-state index contributed by atoms with van der Waals surface area (Å²) in [4.78, 5) is 26.0. The molecule has 0 bridgehead atoms. The van der Waals surface area contributed by atoms with Gasteiger partial charge in [-0.1, -0.05) is 41.9 Å². The van der Waals surface area contributed by atoms with Crippen molar-refractivity contribution >= 4 is 29.2 Å². The van der Waals surface area contributed by atoms with Gasteiger partial charge in [0, 0.05) is 19.7 Å². The fourth-order valence-corrected chi connectivity index (χ4v) is 2.09. The van der Waals surface area contributed by atoms with E-state index >= 15 is 0 Å². The molecule has 0 aliphatic heterocycles. The van der Waals surface area contributed by atoms with Crippen LogP contribution in [-0.2, 0) is 9.53 Å². The molecule has 120 valence electrons. The molecule has 0 aliphatic rings. The Morgan fingerprint density at radius 2 is 1.78 bits per heavy atom. The SMILES string of the molecule is CN(C)C(=O)[C@@H](OC(=O)c1ccc(Cl)c(N)c1)c1ccccc1. The number of carbonyl (C=O) groups is 2. The first-order chi connectivity index (χ1) is 10.9. The molecule has 5 nitrogen and oxygen atoms in total. The van der Waals surface area contributed by atoms with Crippen LogP contribution < -0.4 is 5.73 Å². The predicted molar refractivity (Wildman–Crippen MR) is 89.2 cm³/mol. The Morgan fingerprint density at radius 3 is 2.35 bits per heavy atom. The third-order valence-corrected chi connectivity index (χ3v) is 3.57. The summed E-state index contributed by atoms with van der Waals surface area (Å²) >= 11 is 5.84. The molecule has 0 spiro atoms. The van der Waals surface area contributed by atoms with Gasteiger partial charge in [0.2, 0.25) is 6.10 Å². The second kappa shape index (κ2) is 7.15. The zero-order chi connectivity index (χ0) is 17.0. The van der Waals surface area contributed by atoms with Crippen molar-refractivity contribution in [2.45, 2.75) is 6.10 Å². The predicted octanol–water partition coefficient (Wildman–Crippen LogP) is 2.91. The van der Waals surface area contributed by atoms with E-state index in [1.54, 1.807) is 38.4 Å². The highest BCUT2D eigenvalue weighted by Crippen LogP contribution is 2.24. The molecule has 1 amide bonds. The molecule has 1 atom stereocenters. The minimum absolute atomic E-state index is 0.236. The van der Waals surface area contributed by atoms with Gasteiger partial charge < -0.3 is 15.4 Å². The number of esters is 1. The number of rotatable bonds is 4. The largest absolute Gasteiger partial charge is 0.444 e. The Balaban J connectivity index is 2.28. The number of halogens is 1. The average molecular weight is 333 g/mol. The number of ether oxygens (including phenoxy) is 1. The first-order valence-corrected chi connectivity index (χ1v) is 7.30. The van der Waals surface area contributed by atoms with Crippen LogP contribution >= 0.6 is 11.6 Å². The van der Waals surface area contributed by atoms with Crippen LogP contribution in [0.4, 0.5) is 5.69 Å². The number of benzene rings is 2. The minimum Gasteiger partial charge on any atom is -0.444 e. The van der Waals surface area contributed by atoms with Gasteiger partial charge in [0.1, 0.15) is 0 Å². The molecule has 2 rings (SSSR count). The molecular weight excluding hydrogens is 316 g/mol. The summed E-state index contributed by atoms with van der Waals surface area (Å²) in [5.41, 5.74) is 6.80. The van der Waals surface area contributed by atoms with Crippen LogP contribution in [0.25, 0.3) is 0 Å². The van der Waals surface area contributed by atoms with Crippen LogP contribution in [0.1, 0.15) is 22.0 Å². The number of anilines is 1. The van der Waals surface area contributed by atoms with E-state index in [-0.39, 0.29) is 17.2 Å². The molecule has 2 aromatic rings. The molecule has 23 heavy (non-hydrogen) atoms. The number of hydrogen-bond acceptors (Lipinski definition) is 4. The number of carbonyl (C=O) groups excluding carboxylic acids is 2. The highest BCUT2D eigenvalue weighted by atomic mass is 35.5. The average Bonchev–Trinajstić information content (AvgIpc) is 2.55. The topological polar surface area (TPSA) is 72.6 Å². The lowest BCUT2D eigenvalue weighted by molar-refractivity contribution is -0.138. The summed E-state index contributed by atoms with van der Waals surface area (Å²) in [7, 11) is 3.21. The minimum atomic E-state index is -1.02. The molecule has 0 heterocycles. The highest BCUT2D eigenvalue weighted by molar-refractivity contribution is 6.33. The molecule has 0 radical (unpaired) electrons. The lowest BCUT2D eigenvalue weighted by atomic mass is 10.1. The van der Waals surface area contributed by atoms with Crippen LogP contribution in [0.2, 0.25) is 5.02 Å². The van der Waals surface area contributed by atoms with E-state index in [1.165, 1.54) is 23.1 Å². The van der Waals surface area contributed by atoms with Crippen LogP contribution in [-0.4, -0.2) is 30.9 Å². The summed E-state index contributed by atoms with van der Waals surface area (Å²) in [5, 5.41) is 0.352. The zero-order valence-electron chi connectivity index (χ0n) is 12.8. The summed E-state index contributed by atoms with van der Waals surface area (Å²) in [6, 6.07) is 13.3. The normalized spacial score (nSPS) is 11.6. The fraction of sp³-hybridized carbons (Fsp3) is 0.176. The standard InChI is InChI=1S/C17H17ClN2O3/c1-20(2)16(21)15(11-6-4-3-5-7-11)23-17(22)12-8-9-13(18)14(19)10-12/h3-10,15H,19H2,1-2H3/t15-/m0/s1. The van der Waals surface area contributed by atoms with Crippen molar-refractivity contribution < 1.29 is 14.3 Å². The van der Waals surface area contributed by atoms with Gasteiger partial charge in [-0.15, -0.1) is 0 Å². The van der Waals surface area contributed by atoms with Gasteiger partial charge in [-0.3, -0.25) is 4.79 Å². The van der Waals surface area contributed by atoms with Crippen LogP contribution in [0.5, 0.6) is 0 Å². The molecule has 0 aliphatic carbocycles. The third kappa shape index (κ3) is 4.02. The van der Waals surface area contributed by atoms with Gasteiger partial charge in [0.15, 0.2) is 0 Å². The van der Waals surface area contributed by atoms with Crippen molar-refractivity contribution in [2.24, 2.45) is 0 Å². The molecule has 0 aromatic heterocycles. The number of nitrogens with zero attached hydrogens (tertiary/aromatic N) is 1. The molecule has 0 unspecified atom stereocenters. The molecule has 6 heteroatoms. The van der Waals surface area contributed by atoms with Crippen molar-refractivity contribution in [3.8, 4) is 0 Å². The number of amides is 1. The maximum atomic E-state index is 12.3. The van der Waals surface area contributed by atoms with E-state index < -0.39 is 12.1 Å². The van der Waals surface area contributed by atoms with Gasteiger partial charge in [0.25, 0.3) is 5.91 Å². The van der Waals surface area contributed by atoms with E-state index in [0.29, 0.717) is 10.6 Å². The van der Waals surface area contributed by atoms with E-state index in [1.807, 2.05) is 6.07 Å². The Kier molecular flexibility index (Phi) is 5.24. The number of nitrogen functional groups attached to an aromatic ring is 1. The van der Waals surface area contributed by atoms with Crippen molar-refractivity contribution in [3.05, 3.63) is 64.7 Å². The van der Waals surface area contributed by atoms with Gasteiger partial charge in [-0.05, 0) is 18.2 Å². The summed E-state index contributed by atoms with van der Waals surface area (Å²) in [6.07, 6.45) is -1.02. The first-order valence-electron chi connectivity index (χ1n) is 6.92. The van der Waals surface area contributed by atoms with E-state index in [0.717, 1.165) is 0 Å². The van der Waals surface area contributed by atoms with E-state index in [4.69, 9.17) is 22.1 Å². The van der Waals surface area contributed by atoms with Gasteiger partial charge in [-0.25, -0.2) is 4.79 Å². The van der Waals surface area contributed by atoms with E-state index in [2.05, 4.69) is 0 Å². The lowest BCUT2D eigenvalue weighted by Crippen LogP contribution is -2.31. The number of nitrogens with two attached hydrogens (primary N) is 1. The lowest BCUT2D eigenvalue weighted by Gasteiger charge is -2.21. The van der Waals surface area contributed by atoms with Crippen LogP contribution in [0, 0.1) is 0 Å². The molecule has 0 fully saturated rings. The van der Waals surface area contributed by atoms with Gasteiger partial charge in [0.05, 0.1) is 16.3 Å². The quantitative estimate of drug-likeness (QED) is 0.690. The van der Waals surface area contributed by atoms with Gasteiger partial charge in [-0.2, -0.15) is 0 Å². The van der Waals surface area contributed by atoms with E-state index in [9.17, 15) is 9.59 Å². The maximum Gasteiger partial charge on any atom is 0.339 e. The molecule has 0 saturated carbocycles. The number of hydrogen-bond donors (Lipinski definition) is 1. The zero-order valence-corrected chi connectivity index (χ0v) is 13.6. The van der Waals surface area contributed by atoms with Crippen LogP contribution in [0.3, 0.4) is 0 Å². The Hall–Kier alpha value is -2.53.